The minimum atomic E-state index is -0.232. The van der Waals surface area contributed by atoms with Gasteiger partial charge in [-0.05, 0) is 50.9 Å². The lowest BCUT2D eigenvalue weighted by Gasteiger charge is -2.29. The molecule has 6 nitrogen and oxygen atoms in total. The van der Waals surface area contributed by atoms with Crippen LogP contribution in [0.25, 0.3) is 0 Å². The zero-order chi connectivity index (χ0) is 19.0. The Hall–Kier alpha value is -2.21. The lowest BCUT2D eigenvalue weighted by Crippen LogP contribution is -2.41. The highest BCUT2D eigenvalue weighted by atomic mass is 16.2. The highest BCUT2D eigenvalue weighted by Crippen LogP contribution is 2.32. The highest BCUT2D eigenvalue weighted by Gasteiger charge is 2.41. The molecule has 2 aliphatic heterocycles. The summed E-state index contributed by atoms with van der Waals surface area (Å²) in [5.41, 5.74) is 1.33. The van der Waals surface area contributed by atoms with Crippen molar-refractivity contribution in [2.24, 2.45) is 0 Å². The van der Waals surface area contributed by atoms with E-state index < -0.39 is 0 Å². The smallest absolute Gasteiger partial charge is 0.261 e. The Balaban J connectivity index is 1.58. The van der Waals surface area contributed by atoms with Gasteiger partial charge in [0, 0.05) is 30.7 Å². The summed E-state index contributed by atoms with van der Waals surface area (Å²) in [7, 11) is 1.89. The molecule has 0 radical (unpaired) electrons. The molecule has 6 heteroatoms. The van der Waals surface area contributed by atoms with E-state index in [0.717, 1.165) is 51.6 Å². The molecule has 144 valence electrons. The van der Waals surface area contributed by atoms with Crippen LogP contribution in [-0.4, -0.2) is 59.7 Å². The molecule has 0 aromatic heterocycles. The maximum Gasteiger partial charge on any atom is 0.261 e. The Bertz CT molecular complexity index is 770. The zero-order valence-corrected chi connectivity index (χ0v) is 15.9. The van der Waals surface area contributed by atoms with E-state index in [2.05, 4.69) is 5.32 Å². The van der Waals surface area contributed by atoms with Crippen LogP contribution in [0.4, 0.5) is 0 Å². The molecule has 2 heterocycles. The molecule has 2 fully saturated rings. The van der Waals surface area contributed by atoms with Gasteiger partial charge < -0.3 is 10.2 Å². The number of nitrogens with one attached hydrogen (secondary N) is 1. The van der Waals surface area contributed by atoms with E-state index in [1.165, 1.54) is 11.3 Å². The lowest BCUT2D eigenvalue weighted by atomic mass is 9.94. The van der Waals surface area contributed by atoms with Gasteiger partial charge in [-0.2, -0.15) is 0 Å². The molecule has 1 aliphatic carbocycles. The highest BCUT2D eigenvalue weighted by molar-refractivity contribution is 6.22. The molecule has 1 saturated carbocycles. The molecule has 3 amide bonds. The molecular weight excluding hydrogens is 342 g/mol. The van der Waals surface area contributed by atoms with Gasteiger partial charge in [-0.3, -0.25) is 19.3 Å². The van der Waals surface area contributed by atoms with Gasteiger partial charge in [-0.25, -0.2) is 0 Å². The first-order valence-electron chi connectivity index (χ1n) is 10.1. The molecule has 1 saturated heterocycles. The molecule has 3 aliphatic rings. The number of carbonyl (C=O) groups is 3. The topological polar surface area (TPSA) is 69.7 Å². The Morgan fingerprint density at radius 3 is 2.52 bits per heavy atom. The standard InChI is InChI=1S/C21H27N3O3/c1-22-13-16-8-5-11-23(16)19(25)14-9-10-17-18(12-14)21(27)24(20(17)26)15-6-3-2-4-7-15/h9-10,12,15-16,22H,2-8,11,13H2,1H3. The number of rotatable bonds is 4. The average Bonchev–Trinajstić information content (AvgIpc) is 3.25. The van der Waals surface area contributed by atoms with E-state index in [1.54, 1.807) is 18.2 Å². The minimum Gasteiger partial charge on any atom is -0.334 e. The second-order valence-electron chi connectivity index (χ2n) is 7.88. The first kappa shape index (κ1) is 18.2. The van der Waals surface area contributed by atoms with Gasteiger partial charge in [0.05, 0.1) is 11.1 Å². The van der Waals surface area contributed by atoms with Crippen LogP contribution in [0.3, 0.4) is 0 Å². The molecule has 4 rings (SSSR count). The first-order valence-corrected chi connectivity index (χ1v) is 10.1. The van der Waals surface area contributed by atoms with Crippen molar-refractivity contribution in [1.29, 1.82) is 0 Å². The maximum absolute atomic E-state index is 13.0. The fourth-order valence-corrected chi connectivity index (χ4v) is 4.78. The normalized spacial score (nSPS) is 23.2. The van der Waals surface area contributed by atoms with Crippen molar-refractivity contribution in [2.45, 2.75) is 57.0 Å². The number of imide groups is 1. The van der Waals surface area contributed by atoms with Crippen molar-refractivity contribution in [3.05, 3.63) is 34.9 Å². The van der Waals surface area contributed by atoms with Crippen molar-refractivity contribution in [3.8, 4) is 0 Å². The van der Waals surface area contributed by atoms with Crippen LogP contribution in [0.5, 0.6) is 0 Å². The summed E-state index contributed by atoms with van der Waals surface area (Å²) in [4.78, 5) is 42.0. The van der Waals surface area contributed by atoms with Gasteiger partial charge >= 0.3 is 0 Å². The van der Waals surface area contributed by atoms with Gasteiger partial charge in [0.15, 0.2) is 0 Å². The maximum atomic E-state index is 13.0. The van der Waals surface area contributed by atoms with E-state index in [9.17, 15) is 14.4 Å². The van der Waals surface area contributed by atoms with Crippen LogP contribution in [0.15, 0.2) is 18.2 Å². The van der Waals surface area contributed by atoms with Gasteiger partial charge in [-0.15, -0.1) is 0 Å². The number of amides is 3. The quantitative estimate of drug-likeness (QED) is 0.828. The SMILES string of the molecule is CNCC1CCCN1C(=O)c1ccc2c(c1)C(=O)N(C1CCCCC1)C2=O. The Kier molecular flexibility index (Phi) is 5.00. The fraction of sp³-hybridized carbons (Fsp3) is 0.571. The van der Waals surface area contributed by atoms with Crippen LogP contribution in [0.2, 0.25) is 0 Å². The monoisotopic (exact) mass is 369 g/mol. The van der Waals surface area contributed by atoms with Crippen molar-refractivity contribution in [1.82, 2.24) is 15.1 Å². The predicted octanol–water partition coefficient (Wildman–Crippen LogP) is 2.44. The number of carbonyl (C=O) groups excluding carboxylic acids is 3. The Labute approximate surface area is 159 Å². The third-order valence-electron chi connectivity index (χ3n) is 6.18. The number of fused-ring (bicyclic) bond motifs is 1. The third-order valence-corrected chi connectivity index (χ3v) is 6.18. The van der Waals surface area contributed by atoms with Crippen molar-refractivity contribution in [3.63, 3.8) is 0 Å². The predicted molar refractivity (Wildman–Crippen MR) is 102 cm³/mol. The van der Waals surface area contributed by atoms with Gasteiger partial charge in [0.1, 0.15) is 0 Å². The van der Waals surface area contributed by atoms with E-state index in [0.29, 0.717) is 16.7 Å². The number of hydrogen-bond acceptors (Lipinski definition) is 4. The average molecular weight is 369 g/mol. The van der Waals surface area contributed by atoms with E-state index in [1.807, 2.05) is 11.9 Å². The fourth-order valence-electron chi connectivity index (χ4n) is 4.78. The van der Waals surface area contributed by atoms with Gasteiger partial charge in [0.2, 0.25) is 0 Å². The van der Waals surface area contributed by atoms with Crippen LogP contribution in [0, 0.1) is 0 Å². The first-order chi connectivity index (χ1) is 13.1. The number of likely N-dealkylation sites (tertiary alicyclic amines) is 1. The lowest BCUT2D eigenvalue weighted by molar-refractivity contribution is 0.0548. The van der Waals surface area contributed by atoms with Gasteiger partial charge in [0.25, 0.3) is 17.7 Å². The summed E-state index contributed by atoms with van der Waals surface area (Å²) in [6.45, 7) is 1.51. The molecule has 1 unspecified atom stereocenters. The Morgan fingerprint density at radius 2 is 1.78 bits per heavy atom. The van der Waals surface area contributed by atoms with Gasteiger partial charge in [-0.1, -0.05) is 19.3 Å². The van der Waals surface area contributed by atoms with Crippen LogP contribution < -0.4 is 5.32 Å². The van der Waals surface area contributed by atoms with Crippen LogP contribution >= 0.6 is 0 Å². The molecule has 1 aromatic carbocycles. The molecule has 27 heavy (non-hydrogen) atoms. The van der Waals surface area contributed by atoms with Crippen molar-refractivity contribution < 1.29 is 14.4 Å². The summed E-state index contributed by atoms with van der Waals surface area (Å²) in [5, 5.41) is 3.14. The zero-order valence-electron chi connectivity index (χ0n) is 15.9. The number of likely N-dealkylation sites (N-methyl/N-ethyl adjacent to an activating group) is 1. The number of nitrogens with zero attached hydrogens (tertiary/aromatic N) is 2. The van der Waals surface area contributed by atoms with Crippen LogP contribution in [0.1, 0.15) is 76.0 Å². The third kappa shape index (κ3) is 3.16. The molecule has 1 N–H and O–H groups in total. The van der Waals surface area contributed by atoms with E-state index in [-0.39, 0.29) is 29.8 Å². The van der Waals surface area contributed by atoms with Crippen molar-refractivity contribution >= 4 is 17.7 Å². The van der Waals surface area contributed by atoms with E-state index in [4.69, 9.17) is 0 Å². The largest absolute Gasteiger partial charge is 0.334 e. The summed E-state index contributed by atoms with van der Waals surface area (Å²) in [5.74, 6) is -0.480. The molecule has 0 spiro atoms. The molecule has 0 bridgehead atoms. The summed E-state index contributed by atoms with van der Waals surface area (Å²) in [6.07, 6.45) is 7.04. The molecular formula is C21H27N3O3. The number of hydrogen-bond donors (Lipinski definition) is 1. The summed E-state index contributed by atoms with van der Waals surface area (Å²) < 4.78 is 0. The summed E-state index contributed by atoms with van der Waals surface area (Å²) >= 11 is 0. The molecule has 1 aromatic rings. The number of benzene rings is 1. The molecule has 1 atom stereocenters. The van der Waals surface area contributed by atoms with E-state index >= 15 is 0 Å². The summed E-state index contributed by atoms with van der Waals surface area (Å²) in [6, 6.07) is 5.19. The second kappa shape index (κ2) is 7.43. The Morgan fingerprint density at radius 1 is 1.04 bits per heavy atom. The van der Waals surface area contributed by atoms with Crippen molar-refractivity contribution in [2.75, 3.05) is 20.1 Å². The minimum absolute atomic E-state index is 0.00360. The van der Waals surface area contributed by atoms with Crippen LogP contribution in [-0.2, 0) is 0 Å². The second-order valence-corrected chi connectivity index (χ2v) is 7.88.